The average Bonchev–Trinajstić information content (AvgIpc) is 2.15. The molecule has 0 fully saturated rings. The molecule has 1 unspecified atom stereocenters. The highest BCUT2D eigenvalue weighted by atomic mass is 16.3. The molecule has 0 saturated carbocycles. The van der Waals surface area contributed by atoms with E-state index in [1.165, 1.54) is 12.8 Å². The predicted octanol–water partition coefficient (Wildman–Crippen LogP) is 4.48. The lowest BCUT2D eigenvalue weighted by Crippen LogP contribution is -2.03. The molecular formula is C15H28O. The highest BCUT2D eigenvalue weighted by molar-refractivity contribution is 4.89. The minimum absolute atomic E-state index is 0.274. The van der Waals surface area contributed by atoms with E-state index in [4.69, 9.17) is 0 Å². The molecule has 0 aliphatic carbocycles. The summed E-state index contributed by atoms with van der Waals surface area (Å²) in [6.07, 6.45) is 13.4. The van der Waals surface area contributed by atoms with E-state index >= 15 is 0 Å². The summed E-state index contributed by atoms with van der Waals surface area (Å²) in [5.74, 6) is 0. The van der Waals surface area contributed by atoms with Gasteiger partial charge < -0.3 is 5.11 Å². The molecule has 0 aliphatic heterocycles. The fraction of sp³-hybridized carbons (Fsp3) is 0.733. The number of allylic oxidation sites excluding steroid dienone is 3. The molecule has 0 aromatic carbocycles. The van der Waals surface area contributed by atoms with Gasteiger partial charge in [-0.1, -0.05) is 45.1 Å². The van der Waals surface area contributed by atoms with Crippen molar-refractivity contribution >= 4 is 0 Å². The third-order valence-electron chi connectivity index (χ3n) is 2.51. The largest absolute Gasteiger partial charge is 0.389 e. The van der Waals surface area contributed by atoms with Crippen LogP contribution < -0.4 is 0 Å². The Bertz CT molecular complexity index is 208. The number of aliphatic hydroxyl groups excluding tert-OH is 1. The molecule has 0 heterocycles. The lowest BCUT2D eigenvalue weighted by Gasteiger charge is -2.16. The van der Waals surface area contributed by atoms with Gasteiger partial charge in [-0.3, -0.25) is 0 Å². The van der Waals surface area contributed by atoms with Gasteiger partial charge in [0.1, 0.15) is 0 Å². The van der Waals surface area contributed by atoms with E-state index in [9.17, 15) is 5.11 Å². The average molecular weight is 224 g/mol. The van der Waals surface area contributed by atoms with Crippen molar-refractivity contribution in [3.05, 3.63) is 24.3 Å². The lowest BCUT2D eigenvalue weighted by atomic mass is 9.90. The van der Waals surface area contributed by atoms with Gasteiger partial charge in [0.05, 0.1) is 6.10 Å². The first-order valence-electron chi connectivity index (χ1n) is 6.41. The van der Waals surface area contributed by atoms with E-state index in [1.54, 1.807) is 0 Å². The van der Waals surface area contributed by atoms with Crippen LogP contribution in [0, 0.1) is 5.41 Å². The zero-order valence-corrected chi connectivity index (χ0v) is 11.4. The van der Waals surface area contributed by atoms with Crippen molar-refractivity contribution in [3.8, 4) is 0 Å². The summed E-state index contributed by atoms with van der Waals surface area (Å²) in [6, 6.07) is 0. The molecule has 1 atom stereocenters. The first kappa shape index (κ1) is 15.4. The zero-order valence-electron chi connectivity index (χ0n) is 11.4. The maximum absolute atomic E-state index is 9.44. The Kier molecular flexibility index (Phi) is 8.28. The summed E-state index contributed by atoms with van der Waals surface area (Å²) in [4.78, 5) is 0. The SMILES string of the molecule is C/C=C/C(O)CC/C=C/CCCC(C)(C)C. The Morgan fingerprint density at radius 3 is 2.31 bits per heavy atom. The van der Waals surface area contributed by atoms with Gasteiger partial charge in [-0.15, -0.1) is 0 Å². The van der Waals surface area contributed by atoms with Gasteiger partial charge >= 0.3 is 0 Å². The van der Waals surface area contributed by atoms with Crippen LogP contribution in [0.5, 0.6) is 0 Å². The fourth-order valence-electron chi connectivity index (χ4n) is 1.57. The maximum Gasteiger partial charge on any atom is 0.0723 e. The maximum atomic E-state index is 9.44. The van der Waals surface area contributed by atoms with E-state index in [1.807, 2.05) is 19.1 Å². The highest BCUT2D eigenvalue weighted by Gasteiger charge is 2.07. The third kappa shape index (κ3) is 11.5. The summed E-state index contributed by atoms with van der Waals surface area (Å²) in [7, 11) is 0. The van der Waals surface area contributed by atoms with Gasteiger partial charge in [-0.2, -0.15) is 0 Å². The molecule has 0 saturated heterocycles. The normalized spacial score (nSPS) is 15.1. The molecule has 0 rings (SSSR count). The molecule has 1 N–H and O–H groups in total. The molecule has 16 heavy (non-hydrogen) atoms. The Balaban J connectivity index is 3.42. The van der Waals surface area contributed by atoms with Crippen LogP contribution in [0.25, 0.3) is 0 Å². The van der Waals surface area contributed by atoms with Crippen LogP contribution >= 0.6 is 0 Å². The van der Waals surface area contributed by atoms with Crippen molar-refractivity contribution in [2.45, 2.75) is 65.9 Å². The van der Waals surface area contributed by atoms with E-state index in [-0.39, 0.29) is 6.10 Å². The summed E-state index contributed by atoms with van der Waals surface area (Å²) < 4.78 is 0. The third-order valence-corrected chi connectivity index (χ3v) is 2.51. The Morgan fingerprint density at radius 2 is 1.75 bits per heavy atom. The summed E-state index contributed by atoms with van der Waals surface area (Å²) in [6.45, 7) is 8.78. The Morgan fingerprint density at radius 1 is 1.12 bits per heavy atom. The molecule has 0 aromatic rings. The molecule has 1 heteroatoms. The minimum Gasteiger partial charge on any atom is -0.389 e. The molecule has 0 aromatic heterocycles. The monoisotopic (exact) mass is 224 g/mol. The van der Waals surface area contributed by atoms with Crippen molar-refractivity contribution in [1.82, 2.24) is 0 Å². The molecule has 94 valence electrons. The van der Waals surface area contributed by atoms with Gasteiger partial charge in [0.2, 0.25) is 0 Å². The van der Waals surface area contributed by atoms with Crippen molar-refractivity contribution in [2.75, 3.05) is 0 Å². The quantitative estimate of drug-likeness (QED) is 0.499. The van der Waals surface area contributed by atoms with Crippen LogP contribution in [-0.4, -0.2) is 11.2 Å². The van der Waals surface area contributed by atoms with Crippen LogP contribution in [0.3, 0.4) is 0 Å². The van der Waals surface area contributed by atoms with Crippen LogP contribution in [0.4, 0.5) is 0 Å². The standard InChI is InChI=1S/C15H28O/c1-5-11-14(16)12-9-7-6-8-10-13-15(2,3)4/h5-7,11,14,16H,8-10,12-13H2,1-4H3/b7-6+,11-5+. The second-order valence-corrected chi connectivity index (χ2v) is 5.59. The van der Waals surface area contributed by atoms with E-state index < -0.39 is 0 Å². The molecule has 0 aliphatic rings. The van der Waals surface area contributed by atoms with Gasteiger partial charge in [0.15, 0.2) is 0 Å². The van der Waals surface area contributed by atoms with Crippen molar-refractivity contribution < 1.29 is 5.11 Å². The van der Waals surface area contributed by atoms with Crippen molar-refractivity contribution in [2.24, 2.45) is 5.41 Å². The topological polar surface area (TPSA) is 20.2 Å². The van der Waals surface area contributed by atoms with E-state index in [2.05, 4.69) is 32.9 Å². The minimum atomic E-state index is -0.274. The van der Waals surface area contributed by atoms with Gasteiger partial charge in [-0.25, -0.2) is 0 Å². The van der Waals surface area contributed by atoms with E-state index in [0.717, 1.165) is 19.3 Å². The molecule has 0 radical (unpaired) electrons. The van der Waals surface area contributed by atoms with Crippen molar-refractivity contribution in [1.29, 1.82) is 0 Å². The van der Waals surface area contributed by atoms with Crippen LogP contribution in [0.15, 0.2) is 24.3 Å². The molecular weight excluding hydrogens is 196 g/mol. The predicted molar refractivity (Wildman–Crippen MR) is 72.5 cm³/mol. The molecule has 0 spiro atoms. The van der Waals surface area contributed by atoms with Gasteiger partial charge in [0.25, 0.3) is 0 Å². The number of hydrogen-bond donors (Lipinski definition) is 1. The number of aliphatic hydroxyl groups is 1. The Hall–Kier alpha value is -0.560. The summed E-state index contributed by atoms with van der Waals surface area (Å²) in [5.41, 5.74) is 0.454. The van der Waals surface area contributed by atoms with Crippen LogP contribution in [-0.2, 0) is 0 Å². The fourth-order valence-corrected chi connectivity index (χ4v) is 1.57. The molecule has 0 amide bonds. The van der Waals surface area contributed by atoms with Gasteiger partial charge in [0, 0.05) is 0 Å². The van der Waals surface area contributed by atoms with E-state index in [0.29, 0.717) is 5.41 Å². The zero-order chi connectivity index (χ0) is 12.4. The van der Waals surface area contributed by atoms with Crippen LogP contribution in [0.1, 0.15) is 59.8 Å². The first-order valence-corrected chi connectivity index (χ1v) is 6.41. The highest BCUT2D eigenvalue weighted by Crippen LogP contribution is 2.21. The second kappa shape index (κ2) is 8.58. The number of unbranched alkanes of at least 4 members (excludes halogenated alkanes) is 1. The molecule has 0 bridgehead atoms. The van der Waals surface area contributed by atoms with Crippen LogP contribution in [0.2, 0.25) is 0 Å². The number of hydrogen-bond acceptors (Lipinski definition) is 1. The molecule has 1 nitrogen and oxygen atoms in total. The summed E-state index contributed by atoms with van der Waals surface area (Å²) >= 11 is 0. The number of rotatable bonds is 7. The second-order valence-electron chi connectivity index (χ2n) is 5.59. The first-order chi connectivity index (χ1) is 7.45. The smallest absolute Gasteiger partial charge is 0.0723 e. The van der Waals surface area contributed by atoms with Crippen molar-refractivity contribution in [3.63, 3.8) is 0 Å². The lowest BCUT2D eigenvalue weighted by molar-refractivity contribution is 0.214. The van der Waals surface area contributed by atoms with Gasteiger partial charge in [-0.05, 0) is 44.4 Å². The summed E-state index contributed by atoms with van der Waals surface area (Å²) in [5, 5.41) is 9.44. The Labute approximate surface area is 101 Å².